The predicted molar refractivity (Wildman–Crippen MR) is 89.8 cm³/mol. The van der Waals surface area contributed by atoms with Gasteiger partial charge in [-0.05, 0) is 37.2 Å². The molecule has 1 aliphatic heterocycles. The summed E-state index contributed by atoms with van der Waals surface area (Å²) in [5, 5.41) is 2.92. The van der Waals surface area contributed by atoms with E-state index in [1.165, 1.54) is 5.56 Å². The third-order valence-electron chi connectivity index (χ3n) is 4.23. The molecule has 3 N–H and O–H groups in total. The van der Waals surface area contributed by atoms with Gasteiger partial charge in [0.05, 0.1) is 0 Å². The zero-order valence-corrected chi connectivity index (χ0v) is 13.7. The zero-order chi connectivity index (χ0) is 15.9. The van der Waals surface area contributed by atoms with Crippen LogP contribution in [-0.2, 0) is 6.54 Å². The molecule has 1 aromatic carbocycles. The summed E-state index contributed by atoms with van der Waals surface area (Å²) in [5.41, 5.74) is 7.53. The molecule has 5 nitrogen and oxygen atoms in total. The minimum atomic E-state index is -0.0218. The Morgan fingerprint density at radius 3 is 2.45 bits per heavy atom. The summed E-state index contributed by atoms with van der Waals surface area (Å²) in [6, 6.07) is 7.93. The lowest BCUT2D eigenvalue weighted by Crippen LogP contribution is -2.43. The van der Waals surface area contributed by atoms with Crippen molar-refractivity contribution in [1.82, 2.24) is 15.1 Å². The van der Waals surface area contributed by atoms with Crippen LogP contribution >= 0.6 is 0 Å². The normalized spacial score (nSPS) is 18.1. The fraction of sp³-hybridized carbons (Fsp3) is 0.588. The first-order chi connectivity index (χ1) is 10.6. The first-order valence-corrected chi connectivity index (χ1v) is 8.06. The van der Waals surface area contributed by atoms with E-state index in [2.05, 4.69) is 34.3 Å². The van der Waals surface area contributed by atoms with E-state index >= 15 is 0 Å². The van der Waals surface area contributed by atoms with Gasteiger partial charge in [0.15, 0.2) is 0 Å². The van der Waals surface area contributed by atoms with Gasteiger partial charge in [0.1, 0.15) is 0 Å². The predicted octanol–water partition coefficient (Wildman–Crippen LogP) is 0.759. The number of carbonyl (C=O) groups is 1. The van der Waals surface area contributed by atoms with Gasteiger partial charge < -0.3 is 16.0 Å². The molecule has 1 fully saturated rings. The van der Waals surface area contributed by atoms with E-state index in [9.17, 15) is 4.79 Å². The zero-order valence-electron chi connectivity index (χ0n) is 13.7. The fourth-order valence-electron chi connectivity index (χ4n) is 2.48. The Morgan fingerprint density at radius 1 is 1.23 bits per heavy atom. The maximum Gasteiger partial charge on any atom is 0.251 e. The van der Waals surface area contributed by atoms with Crippen LogP contribution < -0.4 is 11.1 Å². The third kappa shape index (κ3) is 5.09. The van der Waals surface area contributed by atoms with Gasteiger partial charge in [0, 0.05) is 44.8 Å². The first kappa shape index (κ1) is 16.9. The SMILES string of the molecule is CC(CN)CNC(=O)c1ccc(CN2CCN(C)CC2)cc1. The number of nitrogens with zero attached hydrogens (tertiary/aromatic N) is 2. The molecule has 1 aliphatic rings. The van der Waals surface area contributed by atoms with Crippen LogP contribution in [0.4, 0.5) is 0 Å². The number of hydrogen-bond acceptors (Lipinski definition) is 4. The van der Waals surface area contributed by atoms with Crippen LogP contribution in [0, 0.1) is 5.92 Å². The minimum absolute atomic E-state index is 0.0218. The lowest BCUT2D eigenvalue weighted by molar-refractivity contribution is 0.0948. The highest BCUT2D eigenvalue weighted by molar-refractivity contribution is 5.94. The lowest BCUT2D eigenvalue weighted by Gasteiger charge is -2.32. The Labute approximate surface area is 133 Å². The van der Waals surface area contributed by atoms with Gasteiger partial charge >= 0.3 is 0 Å². The topological polar surface area (TPSA) is 61.6 Å². The van der Waals surface area contributed by atoms with Gasteiger partial charge in [-0.1, -0.05) is 19.1 Å². The molecular weight excluding hydrogens is 276 g/mol. The van der Waals surface area contributed by atoms with Gasteiger partial charge in [0.2, 0.25) is 0 Å². The fourth-order valence-corrected chi connectivity index (χ4v) is 2.48. The van der Waals surface area contributed by atoms with E-state index in [4.69, 9.17) is 5.73 Å². The second-order valence-corrected chi connectivity index (χ2v) is 6.33. The largest absolute Gasteiger partial charge is 0.352 e. The smallest absolute Gasteiger partial charge is 0.251 e. The van der Waals surface area contributed by atoms with Gasteiger partial charge in [0.25, 0.3) is 5.91 Å². The maximum atomic E-state index is 12.0. The average Bonchev–Trinajstić information content (AvgIpc) is 2.55. The molecule has 0 radical (unpaired) electrons. The number of carbonyl (C=O) groups excluding carboxylic acids is 1. The molecule has 0 aromatic heterocycles. The third-order valence-corrected chi connectivity index (χ3v) is 4.23. The number of benzene rings is 1. The number of nitrogens with one attached hydrogen (secondary N) is 1. The molecule has 1 unspecified atom stereocenters. The van der Waals surface area contributed by atoms with Crippen molar-refractivity contribution in [2.24, 2.45) is 11.7 Å². The molecule has 1 saturated heterocycles. The van der Waals surface area contributed by atoms with Crippen molar-refractivity contribution in [3.05, 3.63) is 35.4 Å². The molecule has 1 aromatic rings. The molecular formula is C17H28N4O. The Hall–Kier alpha value is -1.43. The summed E-state index contributed by atoms with van der Waals surface area (Å²) in [5.74, 6) is 0.284. The molecule has 2 rings (SSSR count). The number of rotatable bonds is 6. The number of hydrogen-bond donors (Lipinski definition) is 2. The van der Waals surface area contributed by atoms with Crippen LogP contribution in [0.5, 0.6) is 0 Å². The first-order valence-electron chi connectivity index (χ1n) is 8.06. The van der Waals surface area contributed by atoms with Crippen molar-refractivity contribution in [3.63, 3.8) is 0 Å². The van der Waals surface area contributed by atoms with Crippen molar-refractivity contribution in [2.45, 2.75) is 13.5 Å². The Bertz CT molecular complexity index is 466. The van der Waals surface area contributed by atoms with Crippen LogP contribution in [0.25, 0.3) is 0 Å². The highest BCUT2D eigenvalue weighted by Crippen LogP contribution is 2.10. The molecule has 0 spiro atoms. The van der Waals surface area contributed by atoms with Crippen LogP contribution in [0.1, 0.15) is 22.8 Å². The van der Waals surface area contributed by atoms with Crippen LogP contribution in [0.15, 0.2) is 24.3 Å². The number of amides is 1. The van der Waals surface area contributed by atoms with Crippen molar-refractivity contribution in [1.29, 1.82) is 0 Å². The monoisotopic (exact) mass is 304 g/mol. The summed E-state index contributed by atoms with van der Waals surface area (Å²) >= 11 is 0. The summed E-state index contributed by atoms with van der Waals surface area (Å²) < 4.78 is 0. The van der Waals surface area contributed by atoms with E-state index < -0.39 is 0 Å². The minimum Gasteiger partial charge on any atom is -0.352 e. The highest BCUT2D eigenvalue weighted by atomic mass is 16.1. The molecule has 1 atom stereocenters. The summed E-state index contributed by atoms with van der Waals surface area (Å²) in [7, 11) is 2.16. The Morgan fingerprint density at radius 2 is 1.86 bits per heavy atom. The van der Waals surface area contributed by atoms with Crippen molar-refractivity contribution < 1.29 is 4.79 Å². The summed E-state index contributed by atoms with van der Waals surface area (Å²) in [6.07, 6.45) is 0. The molecule has 0 aliphatic carbocycles. The van der Waals surface area contributed by atoms with E-state index in [0.717, 1.165) is 32.7 Å². The second-order valence-electron chi connectivity index (χ2n) is 6.33. The molecule has 1 amide bonds. The second kappa shape index (κ2) is 8.27. The Balaban J connectivity index is 1.83. The van der Waals surface area contributed by atoms with Gasteiger partial charge in [-0.25, -0.2) is 0 Å². The highest BCUT2D eigenvalue weighted by Gasteiger charge is 2.14. The van der Waals surface area contributed by atoms with E-state index in [-0.39, 0.29) is 5.91 Å². The van der Waals surface area contributed by atoms with E-state index in [1.54, 1.807) is 0 Å². The average molecular weight is 304 g/mol. The van der Waals surface area contributed by atoms with Gasteiger partial charge in [-0.2, -0.15) is 0 Å². The van der Waals surface area contributed by atoms with Crippen molar-refractivity contribution >= 4 is 5.91 Å². The molecule has 22 heavy (non-hydrogen) atoms. The van der Waals surface area contributed by atoms with Crippen LogP contribution in [-0.4, -0.2) is 62.0 Å². The van der Waals surface area contributed by atoms with E-state index in [1.807, 2.05) is 19.1 Å². The maximum absolute atomic E-state index is 12.0. The molecule has 5 heteroatoms. The summed E-state index contributed by atoms with van der Waals surface area (Å²) in [4.78, 5) is 16.8. The van der Waals surface area contributed by atoms with Gasteiger partial charge in [-0.3, -0.25) is 9.69 Å². The molecule has 0 saturated carbocycles. The van der Waals surface area contributed by atoms with E-state index in [0.29, 0.717) is 24.6 Å². The standard InChI is InChI=1S/C17H28N4O/c1-14(11-18)12-19-17(22)16-5-3-15(4-6-16)13-21-9-7-20(2)8-10-21/h3-6,14H,7-13,18H2,1-2H3,(H,19,22). The summed E-state index contributed by atoms with van der Waals surface area (Å²) in [6.45, 7) is 8.66. The Kier molecular flexibility index (Phi) is 6.36. The van der Waals surface area contributed by atoms with Crippen molar-refractivity contribution in [3.8, 4) is 0 Å². The van der Waals surface area contributed by atoms with Crippen LogP contribution in [0.3, 0.4) is 0 Å². The molecule has 122 valence electrons. The quantitative estimate of drug-likeness (QED) is 0.814. The lowest BCUT2D eigenvalue weighted by atomic mass is 10.1. The molecule has 1 heterocycles. The molecule has 0 bridgehead atoms. The van der Waals surface area contributed by atoms with Gasteiger partial charge in [-0.15, -0.1) is 0 Å². The number of nitrogens with two attached hydrogens (primary N) is 1. The van der Waals surface area contributed by atoms with Crippen LogP contribution in [0.2, 0.25) is 0 Å². The van der Waals surface area contributed by atoms with Crippen molar-refractivity contribution in [2.75, 3.05) is 46.3 Å². The number of likely N-dealkylation sites (N-methyl/N-ethyl adjacent to an activating group) is 1. The number of piperazine rings is 1.